The number of methoxy groups -OCH3 is 1. The van der Waals surface area contributed by atoms with Crippen LogP contribution in [-0.2, 0) is 13.0 Å². The zero-order chi connectivity index (χ0) is 19.6. The molecule has 0 radical (unpaired) electrons. The molecule has 0 N–H and O–H groups in total. The van der Waals surface area contributed by atoms with E-state index in [0.717, 1.165) is 43.1 Å². The Morgan fingerprint density at radius 2 is 2.07 bits per heavy atom. The molecule has 2 aromatic rings. The SMILES string of the molecule is COc1cccc(C[C@H]2[C@H]3C[C@H](CN(CCn4ccnc4)C3)[C@@H]3CCCCN32)c1. The van der Waals surface area contributed by atoms with Crippen molar-refractivity contribution >= 4 is 0 Å². The van der Waals surface area contributed by atoms with E-state index >= 15 is 0 Å². The van der Waals surface area contributed by atoms with Crippen molar-refractivity contribution in [2.75, 3.05) is 33.3 Å². The Hall–Kier alpha value is -1.85. The van der Waals surface area contributed by atoms with Gasteiger partial charge >= 0.3 is 0 Å². The van der Waals surface area contributed by atoms with Gasteiger partial charge in [0.2, 0.25) is 0 Å². The maximum absolute atomic E-state index is 5.49. The quantitative estimate of drug-likeness (QED) is 0.753. The van der Waals surface area contributed by atoms with Gasteiger partial charge in [0, 0.05) is 50.7 Å². The fourth-order valence-electron chi connectivity index (χ4n) is 6.19. The summed E-state index contributed by atoms with van der Waals surface area (Å²) >= 11 is 0. The van der Waals surface area contributed by atoms with Crippen LogP contribution in [0.3, 0.4) is 0 Å². The van der Waals surface area contributed by atoms with Crippen LogP contribution < -0.4 is 4.74 Å². The minimum absolute atomic E-state index is 0.666. The lowest BCUT2D eigenvalue weighted by atomic mass is 9.71. The van der Waals surface area contributed by atoms with Gasteiger partial charge in [-0.3, -0.25) is 4.90 Å². The second-order valence-corrected chi connectivity index (χ2v) is 9.24. The van der Waals surface area contributed by atoms with Crippen LogP contribution >= 0.6 is 0 Å². The zero-order valence-electron chi connectivity index (χ0n) is 17.6. The summed E-state index contributed by atoms with van der Waals surface area (Å²) in [5, 5.41) is 0. The summed E-state index contributed by atoms with van der Waals surface area (Å²) in [4.78, 5) is 9.85. The standard InChI is InChI=1S/C24H34N4O/c1-29-22-6-4-5-19(13-22)14-24-21-15-20(23-7-2-3-9-28(23)24)16-27(17-21)12-11-26-10-8-25-18-26/h4-6,8,10,13,18,20-21,23-24H,2-3,7,9,11-12,14-17H2,1H3/t20-,21+,23+,24+/m1/s1. The molecular formula is C24H34N4O. The molecule has 5 heteroatoms. The smallest absolute Gasteiger partial charge is 0.119 e. The Morgan fingerprint density at radius 1 is 1.14 bits per heavy atom. The highest BCUT2D eigenvalue weighted by molar-refractivity contribution is 5.29. The van der Waals surface area contributed by atoms with E-state index in [2.05, 4.69) is 49.8 Å². The molecule has 0 saturated carbocycles. The van der Waals surface area contributed by atoms with Gasteiger partial charge in [-0.25, -0.2) is 4.98 Å². The molecule has 5 nitrogen and oxygen atoms in total. The second kappa shape index (κ2) is 8.49. The molecular weight excluding hydrogens is 360 g/mol. The van der Waals surface area contributed by atoms with Crippen LogP contribution in [-0.4, -0.2) is 64.7 Å². The van der Waals surface area contributed by atoms with E-state index in [9.17, 15) is 0 Å². The van der Waals surface area contributed by atoms with E-state index in [1.807, 2.05) is 12.5 Å². The molecule has 5 rings (SSSR count). The molecule has 1 aromatic carbocycles. The van der Waals surface area contributed by atoms with Crippen molar-refractivity contribution in [2.45, 2.75) is 50.7 Å². The average molecular weight is 395 g/mol. The Balaban J connectivity index is 1.33. The lowest BCUT2D eigenvalue weighted by Gasteiger charge is -2.57. The third-order valence-electron chi connectivity index (χ3n) is 7.51. The van der Waals surface area contributed by atoms with Crippen molar-refractivity contribution in [1.82, 2.24) is 19.4 Å². The summed E-state index contributed by atoms with van der Waals surface area (Å²) < 4.78 is 7.70. The topological polar surface area (TPSA) is 33.5 Å². The van der Waals surface area contributed by atoms with Gasteiger partial charge in [0.1, 0.15) is 5.75 Å². The van der Waals surface area contributed by atoms with Gasteiger partial charge < -0.3 is 14.2 Å². The number of aromatic nitrogens is 2. The molecule has 4 atom stereocenters. The first-order valence-electron chi connectivity index (χ1n) is 11.4. The number of rotatable bonds is 6. The molecule has 0 spiro atoms. The molecule has 2 bridgehead atoms. The first-order valence-corrected chi connectivity index (χ1v) is 11.4. The highest BCUT2D eigenvalue weighted by atomic mass is 16.5. The van der Waals surface area contributed by atoms with Crippen LogP contribution in [0.4, 0.5) is 0 Å². The van der Waals surface area contributed by atoms with E-state index in [0.29, 0.717) is 6.04 Å². The number of hydrogen-bond donors (Lipinski definition) is 0. The van der Waals surface area contributed by atoms with Crippen molar-refractivity contribution in [3.8, 4) is 5.75 Å². The number of benzene rings is 1. The van der Waals surface area contributed by atoms with Crippen LogP contribution in [0.15, 0.2) is 43.0 Å². The molecule has 156 valence electrons. The molecule has 3 aliphatic rings. The maximum atomic E-state index is 5.49. The fraction of sp³-hybridized carbons (Fsp3) is 0.625. The maximum Gasteiger partial charge on any atom is 0.119 e. The molecule has 4 heterocycles. The van der Waals surface area contributed by atoms with E-state index in [4.69, 9.17) is 4.74 Å². The van der Waals surface area contributed by atoms with Gasteiger partial charge in [0.25, 0.3) is 0 Å². The van der Waals surface area contributed by atoms with E-state index < -0.39 is 0 Å². The fourth-order valence-corrected chi connectivity index (χ4v) is 6.19. The second-order valence-electron chi connectivity index (χ2n) is 9.24. The Labute approximate surface area is 174 Å². The van der Waals surface area contributed by atoms with E-state index in [1.165, 1.54) is 50.9 Å². The van der Waals surface area contributed by atoms with E-state index in [1.54, 1.807) is 7.11 Å². The third kappa shape index (κ3) is 4.08. The van der Waals surface area contributed by atoms with Gasteiger partial charge in [-0.1, -0.05) is 18.6 Å². The van der Waals surface area contributed by atoms with Crippen molar-refractivity contribution in [3.05, 3.63) is 48.5 Å². The van der Waals surface area contributed by atoms with Crippen LogP contribution in [0.2, 0.25) is 0 Å². The van der Waals surface area contributed by atoms with Crippen molar-refractivity contribution in [3.63, 3.8) is 0 Å². The number of ether oxygens (including phenoxy) is 1. The summed E-state index contributed by atoms with van der Waals surface area (Å²) in [5.41, 5.74) is 1.42. The third-order valence-corrected chi connectivity index (χ3v) is 7.51. The minimum atomic E-state index is 0.666. The summed E-state index contributed by atoms with van der Waals surface area (Å²) in [7, 11) is 1.77. The number of fused-ring (bicyclic) bond motifs is 4. The molecule has 3 saturated heterocycles. The van der Waals surface area contributed by atoms with Crippen molar-refractivity contribution < 1.29 is 4.74 Å². The van der Waals surface area contributed by atoms with Crippen molar-refractivity contribution in [2.24, 2.45) is 11.8 Å². The monoisotopic (exact) mass is 394 g/mol. The van der Waals surface area contributed by atoms with Gasteiger partial charge in [0.05, 0.1) is 13.4 Å². The lowest BCUT2D eigenvalue weighted by Crippen LogP contribution is -2.64. The van der Waals surface area contributed by atoms with Crippen LogP contribution in [0, 0.1) is 11.8 Å². The molecule has 3 fully saturated rings. The number of piperidine rings is 3. The van der Waals surface area contributed by atoms with Gasteiger partial charge in [-0.15, -0.1) is 0 Å². The number of likely N-dealkylation sites (tertiary alicyclic amines) is 1. The highest BCUT2D eigenvalue weighted by Crippen LogP contribution is 2.42. The minimum Gasteiger partial charge on any atom is -0.497 e. The Bertz CT molecular complexity index is 792. The van der Waals surface area contributed by atoms with Gasteiger partial charge in [-0.05, 0) is 61.8 Å². The number of nitrogens with zero attached hydrogens (tertiary/aromatic N) is 4. The number of hydrogen-bond acceptors (Lipinski definition) is 4. The van der Waals surface area contributed by atoms with Crippen LogP contribution in [0.5, 0.6) is 5.75 Å². The lowest BCUT2D eigenvalue weighted by molar-refractivity contribution is -0.0715. The molecule has 1 aromatic heterocycles. The van der Waals surface area contributed by atoms with E-state index in [-0.39, 0.29) is 0 Å². The first kappa shape index (κ1) is 19.1. The van der Waals surface area contributed by atoms with Gasteiger partial charge in [-0.2, -0.15) is 0 Å². The molecule has 0 aliphatic carbocycles. The van der Waals surface area contributed by atoms with Crippen LogP contribution in [0.1, 0.15) is 31.2 Å². The molecule has 0 unspecified atom stereocenters. The first-order chi connectivity index (χ1) is 14.3. The molecule has 29 heavy (non-hydrogen) atoms. The predicted molar refractivity (Wildman–Crippen MR) is 115 cm³/mol. The summed E-state index contributed by atoms with van der Waals surface area (Å²) in [6, 6.07) is 10.2. The van der Waals surface area contributed by atoms with Crippen LogP contribution in [0.25, 0.3) is 0 Å². The zero-order valence-corrected chi connectivity index (χ0v) is 17.6. The number of imidazole rings is 1. The molecule has 3 aliphatic heterocycles. The predicted octanol–water partition coefficient (Wildman–Crippen LogP) is 3.31. The Morgan fingerprint density at radius 3 is 2.93 bits per heavy atom. The summed E-state index contributed by atoms with van der Waals surface area (Å²) in [6.07, 6.45) is 12.6. The van der Waals surface area contributed by atoms with Gasteiger partial charge in [0.15, 0.2) is 0 Å². The normalized spacial score (nSPS) is 30.1. The summed E-state index contributed by atoms with van der Waals surface area (Å²) in [6.45, 7) is 6.00. The highest BCUT2D eigenvalue weighted by Gasteiger charge is 2.46. The van der Waals surface area contributed by atoms with Crippen molar-refractivity contribution in [1.29, 1.82) is 0 Å². The largest absolute Gasteiger partial charge is 0.497 e. The molecule has 0 amide bonds. The average Bonchev–Trinajstić information content (AvgIpc) is 3.29. The Kier molecular flexibility index (Phi) is 5.60. The summed E-state index contributed by atoms with van der Waals surface area (Å²) in [5.74, 6) is 2.60.